The van der Waals surface area contributed by atoms with Crippen molar-refractivity contribution in [1.82, 2.24) is 14.5 Å². The highest BCUT2D eigenvalue weighted by atomic mass is 32.1. The number of benzene rings is 1. The van der Waals surface area contributed by atoms with Crippen molar-refractivity contribution in [3.05, 3.63) is 101 Å². The first-order chi connectivity index (χ1) is 15.4. The maximum Gasteiger partial charge on any atom is 0.416 e. The number of nitrogens with one attached hydrogen (secondary N) is 1. The minimum atomic E-state index is -4.36. The Bertz CT molecular complexity index is 1230. The van der Waals surface area contributed by atoms with Crippen molar-refractivity contribution in [3.8, 4) is 0 Å². The molecule has 0 fully saturated rings. The predicted molar refractivity (Wildman–Crippen MR) is 118 cm³/mol. The van der Waals surface area contributed by atoms with Crippen LogP contribution in [0.15, 0.2) is 72.5 Å². The summed E-state index contributed by atoms with van der Waals surface area (Å²) in [6.45, 7) is 0.539. The van der Waals surface area contributed by atoms with Gasteiger partial charge in [-0.3, -0.25) is 15.1 Å². The van der Waals surface area contributed by atoms with Crippen molar-refractivity contribution in [3.63, 3.8) is 0 Å². The number of aromatic nitrogens is 3. The summed E-state index contributed by atoms with van der Waals surface area (Å²) in [5.74, 6) is -0.281. The Kier molecular flexibility index (Phi) is 6.18. The summed E-state index contributed by atoms with van der Waals surface area (Å²) in [6.07, 6.45) is 4.22. The molecule has 0 atom stereocenters. The number of thiazole rings is 1. The van der Waals surface area contributed by atoms with Crippen LogP contribution in [0.3, 0.4) is 0 Å². The average Bonchev–Trinajstić information content (AvgIpc) is 3.42. The van der Waals surface area contributed by atoms with Gasteiger partial charge in [-0.15, -0.1) is 11.3 Å². The van der Waals surface area contributed by atoms with Gasteiger partial charge in [-0.1, -0.05) is 18.2 Å². The minimum Gasteiger partial charge on any atom is -0.339 e. The Morgan fingerprint density at radius 1 is 1.06 bits per heavy atom. The van der Waals surface area contributed by atoms with Crippen molar-refractivity contribution >= 4 is 34.5 Å². The molecule has 5 nitrogen and oxygen atoms in total. The topological polar surface area (TPSA) is 59.8 Å². The van der Waals surface area contributed by atoms with Gasteiger partial charge in [-0.05, 0) is 53.6 Å². The molecule has 1 aromatic carbocycles. The third-order valence-electron chi connectivity index (χ3n) is 4.59. The van der Waals surface area contributed by atoms with Gasteiger partial charge in [-0.25, -0.2) is 4.98 Å². The molecule has 3 aromatic heterocycles. The number of carbonyl (C=O) groups is 1. The number of amides is 1. The van der Waals surface area contributed by atoms with Crippen LogP contribution in [0.25, 0.3) is 12.2 Å². The number of carbonyl (C=O) groups excluding carboxylic acids is 1. The van der Waals surface area contributed by atoms with Crippen LogP contribution >= 0.6 is 11.3 Å². The van der Waals surface area contributed by atoms with E-state index in [9.17, 15) is 18.0 Å². The van der Waals surface area contributed by atoms with E-state index in [-0.39, 0.29) is 5.91 Å². The van der Waals surface area contributed by atoms with Gasteiger partial charge in [0.15, 0.2) is 5.13 Å². The first-order valence-electron chi connectivity index (χ1n) is 9.55. The second-order valence-corrected chi connectivity index (χ2v) is 7.72. The molecule has 0 saturated carbocycles. The zero-order chi connectivity index (χ0) is 22.6. The van der Waals surface area contributed by atoms with Gasteiger partial charge in [-0.2, -0.15) is 13.2 Å². The maximum absolute atomic E-state index is 12.7. The van der Waals surface area contributed by atoms with Gasteiger partial charge in [0.1, 0.15) is 5.69 Å². The van der Waals surface area contributed by atoms with Crippen LogP contribution in [0.1, 0.15) is 32.9 Å². The molecule has 4 rings (SSSR count). The van der Waals surface area contributed by atoms with Gasteiger partial charge in [0.2, 0.25) is 0 Å². The first-order valence-corrected chi connectivity index (χ1v) is 10.4. The molecule has 0 saturated heterocycles. The molecule has 0 spiro atoms. The summed E-state index contributed by atoms with van der Waals surface area (Å²) < 4.78 is 39.8. The molecule has 32 heavy (non-hydrogen) atoms. The van der Waals surface area contributed by atoms with E-state index in [0.717, 1.165) is 17.7 Å². The van der Waals surface area contributed by atoms with Crippen LogP contribution in [-0.2, 0) is 12.7 Å². The lowest BCUT2D eigenvalue weighted by atomic mass is 10.1. The second-order valence-electron chi connectivity index (χ2n) is 6.86. The van der Waals surface area contributed by atoms with Gasteiger partial charge >= 0.3 is 6.18 Å². The molecule has 4 aromatic rings. The second kappa shape index (κ2) is 9.19. The maximum atomic E-state index is 12.7. The molecule has 0 bridgehead atoms. The van der Waals surface area contributed by atoms with Crippen molar-refractivity contribution in [2.24, 2.45) is 0 Å². The number of anilines is 1. The molecule has 1 amide bonds. The Hall–Kier alpha value is -3.72. The molecule has 0 aliphatic rings. The third-order valence-corrected chi connectivity index (χ3v) is 5.37. The first kappa shape index (κ1) is 21.5. The van der Waals surface area contributed by atoms with Crippen LogP contribution < -0.4 is 5.32 Å². The van der Waals surface area contributed by atoms with Gasteiger partial charge in [0, 0.05) is 30.5 Å². The quantitative estimate of drug-likeness (QED) is 0.399. The van der Waals surface area contributed by atoms with Crippen LogP contribution in [0, 0.1) is 0 Å². The highest BCUT2D eigenvalue weighted by molar-refractivity contribution is 7.14. The number of nitrogens with zero attached hydrogens (tertiary/aromatic N) is 3. The molecule has 0 radical (unpaired) electrons. The summed E-state index contributed by atoms with van der Waals surface area (Å²) in [4.78, 5) is 21.0. The van der Waals surface area contributed by atoms with Crippen LogP contribution in [0.5, 0.6) is 0 Å². The fourth-order valence-corrected chi connectivity index (χ4v) is 3.66. The standard InChI is InChI=1S/C23H17F3N4OS/c24-23(25,26)18-6-3-16(4-7-18)5-8-19-15-32-22(28-19)29-21(31)20-2-1-13-30(20)14-17-9-11-27-12-10-17/h1-13,15H,14H2,(H,28,29,31)/b8-5+. The van der Waals surface area contributed by atoms with Crippen LogP contribution in [-0.4, -0.2) is 20.4 Å². The Morgan fingerprint density at radius 3 is 2.53 bits per heavy atom. The lowest BCUT2D eigenvalue weighted by molar-refractivity contribution is -0.137. The number of rotatable bonds is 6. The molecule has 0 aliphatic carbocycles. The van der Waals surface area contributed by atoms with Crippen LogP contribution in [0.4, 0.5) is 18.3 Å². The molecule has 0 unspecified atom stereocenters. The van der Waals surface area contributed by atoms with Crippen LogP contribution in [0.2, 0.25) is 0 Å². The predicted octanol–water partition coefficient (Wildman–Crippen LogP) is 5.83. The summed E-state index contributed by atoms with van der Waals surface area (Å²) in [5, 5.41) is 4.98. The molecule has 0 aliphatic heterocycles. The molecular weight excluding hydrogens is 437 g/mol. The highest BCUT2D eigenvalue weighted by Crippen LogP contribution is 2.29. The minimum absolute atomic E-state index is 0.281. The number of pyridine rings is 1. The number of alkyl halides is 3. The summed E-state index contributed by atoms with van der Waals surface area (Å²) in [7, 11) is 0. The third kappa shape index (κ3) is 5.30. The molecular formula is C23H17F3N4OS. The summed E-state index contributed by atoms with van der Waals surface area (Å²) in [6, 6.07) is 12.2. The normalized spacial score (nSPS) is 11.7. The van der Waals surface area contributed by atoms with E-state index in [2.05, 4.69) is 15.3 Å². The average molecular weight is 454 g/mol. The molecule has 1 N–H and O–H groups in total. The van der Waals surface area contributed by atoms with E-state index in [0.29, 0.717) is 28.6 Å². The van der Waals surface area contributed by atoms with E-state index >= 15 is 0 Å². The summed E-state index contributed by atoms with van der Waals surface area (Å²) in [5.41, 5.74) is 2.04. The van der Waals surface area contributed by atoms with Crippen molar-refractivity contribution in [2.45, 2.75) is 12.7 Å². The smallest absolute Gasteiger partial charge is 0.339 e. The Balaban J connectivity index is 1.40. The fourth-order valence-electron chi connectivity index (χ4n) is 2.99. The van der Waals surface area contributed by atoms with E-state index in [4.69, 9.17) is 0 Å². The van der Waals surface area contributed by atoms with Crippen molar-refractivity contribution in [1.29, 1.82) is 0 Å². The van der Waals surface area contributed by atoms with Gasteiger partial charge in [0.05, 0.1) is 11.3 Å². The van der Waals surface area contributed by atoms with Gasteiger partial charge in [0.25, 0.3) is 5.91 Å². The summed E-state index contributed by atoms with van der Waals surface area (Å²) >= 11 is 1.27. The van der Waals surface area contributed by atoms with Crippen molar-refractivity contribution < 1.29 is 18.0 Å². The largest absolute Gasteiger partial charge is 0.416 e. The number of halogens is 3. The van der Waals surface area contributed by atoms with E-state index in [1.807, 2.05) is 22.9 Å². The van der Waals surface area contributed by atoms with E-state index < -0.39 is 11.7 Å². The SMILES string of the molecule is O=C(Nc1nc(/C=C/c2ccc(C(F)(F)F)cc2)cs1)c1cccn1Cc1ccncc1. The number of hydrogen-bond donors (Lipinski definition) is 1. The number of hydrogen-bond acceptors (Lipinski definition) is 4. The fraction of sp³-hybridized carbons (Fsp3) is 0.0870. The Morgan fingerprint density at radius 2 is 1.81 bits per heavy atom. The van der Waals surface area contributed by atoms with E-state index in [1.54, 1.807) is 42.1 Å². The lowest BCUT2D eigenvalue weighted by Gasteiger charge is -2.08. The lowest BCUT2D eigenvalue weighted by Crippen LogP contribution is -2.17. The zero-order valence-electron chi connectivity index (χ0n) is 16.6. The molecule has 9 heteroatoms. The molecule has 3 heterocycles. The Labute approximate surface area is 185 Å². The van der Waals surface area contributed by atoms with Crippen molar-refractivity contribution in [2.75, 3.05) is 5.32 Å². The molecule has 162 valence electrons. The monoisotopic (exact) mass is 454 g/mol. The van der Waals surface area contributed by atoms with E-state index in [1.165, 1.54) is 23.5 Å². The zero-order valence-corrected chi connectivity index (χ0v) is 17.4. The van der Waals surface area contributed by atoms with Gasteiger partial charge < -0.3 is 4.57 Å². The highest BCUT2D eigenvalue weighted by Gasteiger charge is 2.29.